The third-order valence-electron chi connectivity index (χ3n) is 18.3. The minimum Gasteiger partial charge on any atom is -0.481 e. The first kappa shape index (κ1) is 99.8. The maximum atomic E-state index is 14.8. The number of nitrogens with one attached hydrogen (secondary N) is 9. The summed E-state index contributed by atoms with van der Waals surface area (Å²) in [6.45, 7) is -4.45. The molecule has 0 aliphatic rings. The molecule has 0 bridgehead atoms. The monoisotopic (exact) mass is 1660 g/mol. The number of nitrogen functional groups attached to an aromatic ring is 1. The highest BCUT2D eigenvalue weighted by Crippen LogP contribution is 2.23. The van der Waals surface area contributed by atoms with E-state index in [4.69, 9.17) is 10.8 Å². The van der Waals surface area contributed by atoms with E-state index in [1.807, 2.05) is 0 Å². The molecule has 0 saturated heterocycles. The average Bonchev–Trinajstić information content (AvgIpc) is 0.815. The zero-order chi connectivity index (χ0) is 87.4. The van der Waals surface area contributed by atoms with E-state index in [2.05, 4.69) is 62.5 Å². The number of aliphatic hydroxyl groups is 15. The summed E-state index contributed by atoms with van der Waals surface area (Å²) >= 11 is 0. The number of aliphatic hydroxyl groups excluding tert-OH is 15. The molecule has 0 aliphatic carbocycles. The molecule has 0 fully saturated rings. The van der Waals surface area contributed by atoms with Gasteiger partial charge >= 0.3 is 23.9 Å². The van der Waals surface area contributed by atoms with Gasteiger partial charge < -0.3 is 145 Å². The number of hydrogen-bond acceptors (Lipinski definition) is 35. The second-order valence-corrected chi connectivity index (χ2v) is 27.2. The smallest absolute Gasteiger partial charge is 0.326 e. The number of nitrogens with two attached hydrogens (primary N) is 1. The topological polar surface area (TPSA) is 817 Å². The number of benzene rings is 1. The number of carbonyl (C=O) groups excluding carboxylic acids is 10. The van der Waals surface area contributed by atoms with E-state index < -0.39 is 339 Å². The lowest BCUT2D eigenvalue weighted by Gasteiger charge is -2.26. The van der Waals surface area contributed by atoms with Crippen LogP contribution in [0.25, 0.3) is 11.2 Å². The summed E-state index contributed by atoms with van der Waals surface area (Å²) in [4.78, 5) is 215. The molecule has 0 spiro atoms. The van der Waals surface area contributed by atoms with Crippen molar-refractivity contribution in [1.29, 1.82) is 0 Å². The van der Waals surface area contributed by atoms with E-state index in [0.717, 1.165) is 0 Å². The lowest BCUT2D eigenvalue weighted by Crippen LogP contribution is -2.50. The van der Waals surface area contributed by atoms with E-state index >= 15 is 0 Å². The van der Waals surface area contributed by atoms with Gasteiger partial charge in [0.15, 0.2) is 22.7 Å². The summed E-state index contributed by atoms with van der Waals surface area (Å²) in [5.74, 6) is -23.5. The van der Waals surface area contributed by atoms with Crippen LogP contribution in [-0.4, -0.2) is 336 Å². The number of H-pyrrole nitrogens is 1. The highest BCUT2D eigenvalue weighted by atomic mass is 16.4. The number of carboxylic acids is 4. The zero-order valence-electron chi connectivity index (χ0n) is 62.7. The van der Waals surface area contributed by atoms with Gasteiger partial charge in [0.2, 0.25) is 41.4 Å². The second-order valence-electron chi connectivity index (χ2n) is 27.2. The van der Waals surface area contributed by atoms with Crippen LogP contribution in [0.3, 0.4) is 0 Å². The summed E-state index contributed by atoms with van der Waals surface area (Å²) in [5, 5.41) is 207. The molecule has 47 nitrogen and oxygen atoms in total. The van der Waals surface area contributed by atoms with E-state index in [1.54, 1.807) is 0 Å². The van der Waals surface area contributed by atoms with Gasteiger partial charge in [0.05, 0.1) is 68.7 Å². The first-order chi connectivity index (χ1) is 54.5. The van der Waals surface area contributed by atoms with E-state index in [1.165, 1.54) is 37.4 Å². The Balaban J connectivity index is 2.05. The van der Waals surface area contributed by atoms with Gasteiger partial charge in [0.25, 0.3) is 11.5 Å². The van der Waals surface area contributed by atoms with Crippen LogP contribution in [0.2, 0.25) is 0 Å². The minimum atomic E-state index is -2.21. The van der Waals surface area contributed by atoms with Crippen LogP contribution < -0.4 is 53.8 Å². The molecule has 0 unspecified atom stereocenters. The Morgan fingerprint density at radius 3 is 1.19 bits per heavy atom. The summed E-state index contributed by atoms with van der Waals surface area (Å²) < 4.78 is 0. The molecule has 3 aromatic rings. The van der Waals surface area contributed by atoms with Crippen molar-refractivity contribution in [2.24, 2.45) is 17.8 Å². The van der Waals surface area contributed by atoms with Gasteiger partial charge in [0.1, 0.15) is 72.8 Å². The van der Waals surface area contributed by atoms with Gasteiger partial charge in [-0.05, 0) is 69.2 Å². The fourth-order valence-electron chi connectivity index (χ4n) is 11.2. The largest absolute Gasteiger partial charge is 0.481 e. The number of aliphatic carboxylic acids is 4. The minimum absolute atomic E-state index is 0.0101. The van der Waals surface area contributed by atoms with Crippen LogP contribution in [0.4, 0.5) is 11.6 Å². The molecule has 30 N–H and O–H groups in total. The number of carbonyl (C=O) groups is 14. The van der Waals surface area contributed by atoms with Crippen molar-refractivity contribution in [2.45, 2.75) is 214 Å². The molecule has 1 aromatic carbocycles. The van der Waals surface area contributed by atoms with Gasteiger partial charge in [-0.2, -0.15) is 4.98 Å². The van der Waals surface area contributed by atoms with Gasteiger partial charge in [-0.25, -0.2) is 19.6 Å². The molecule has 0 saturated carbocycles. The first-order valence-electron chi connectivity index (χ1n) is 36.4. The predicted molar refractivity (Wildman–Crippen MR) is 391 cm³/mol. The Bertz CT molecular complexity index is 3860. The fraction of sp³-hybridized carbons (Fsp3) is 0.623. The van der Waals surface area contributed by atoms with Crippen LogP contribution in [-0.2, 0) is 68.9 Å². The molecule has 2 aromatic heterocycles. The zero-order valence-corrected chi connectivity index (χ0v) is 62.7. The molecule has 7 amide bonds. The molecule has 116 heavy (non-hydrogen) atoms. The van der Waals surface area contributed by atoms with Gasteiger partial charge in [-0.15, -0.1) is 0 Å². The SMILES string of the molecule is CC[C@@H](NC(=O)[C@H](CCC(=O)NC[C@H](O)[C@@H](O)[C@H](O)[C@H](O)CO)CC(=O)[C@@H](CCC(=O)O)NC(=O)[C@H](CCC(=O)NC[C@H](O)[C@@H](O)[C@H](O)[C@H](O)CO)CC(=O)[C@@H](CCC(=O)O)NC(=O)[C@H](CCC(=O)NC[C@H](O)[C@@H](O)[C@H](O)[C@H](O)CO)CC(=O)CC[C@@H](NC(=O)c1ccc(NCc2cnc3nc(N)[nH]c(=O)c3n2)cc1)C(=O)O)C(=O)O. The van der Waals surface area contributed by atoms with Crippen molar-refractivity contribution >= 4 is 105 Å². The summed E-state index contributed by atoms with van der Waals surface area (Å²) in [7, 11) is 0. The van der Waals surface area contributed by atoms with Crippen molar-refractivity contribution in [3.63, 3.8) is 0 Å². The maximum absolute atomic E-state index is 14.8. The number of rotatable bonds is 58. The Morgan fingerprint density at radius 2 is 0.819 bits per heavy atom. The number of nitrogens with zero attached hydrogens (tertiary/aromatic N) is 3. The average molecular weight is 1660 g/mol. The number of Topliss-reactive ketones (excluding diaryl/α,β-unsaturated/α-hetero) is 3. The number of fused-ring (bicyclic) bond motifs is 1. The molecule has 2 heterocycles. The van der Waals surface area contributed by atoms with Crippen LogP contribution in [0.1, 0.15) is 126 Å². The van der Waals surface area contributed by atoms with Gasteiger partial charge in [-0.1, -0.05) is 6.92 Å². The number of ketones is 3. The van der Waals surface area contributed by atoms with Crippen molar-refractivity contribution in [1.82, 2.24) is 57.2 Å². The number of aromatic nitrogens is 4. The Morgan fingerprint density at radius 1 is 0.448 bits per heavy atom. The highest BCUT2D eigenvalue weighted by Gasteiger charge is 2.38. The fourth-order valence-corrected chi connectivity index (χ4v) is 11.2. The van der Waals surface area contributed by atoms with Crippen molar-refractivity contribution < 1.29 is 164 Å². The maximum Gasteiger partial charge on any atom is 0.326 e. The first-order valence-corrected chi connectivity index (χ1v) is 36.4. The Labute approximate surface area is 658 Å². The Kier molecular flexibility index (Phi) is 43.2. The van der Waals surface area contributed by atoms with Crippen molar-refractivity contribution in [3.05, 3.63) is 52.1 Å². The third-order valence-corrected chi connectivity index (χ3v) is 18.3. The quantitative estimate of drug-likeness (QED) is 0.0249. The molecule has 3 rings (SSSR count). The van der Waals surface area contributed by atoms with Crippen LogP contribution in [0, 0.1) is 17.8 Å². The second kappa shape index (κ2) is 50.2. The lowest BCUT2D eigenvalue weighted by atomic mass is 9.89. The highest BCUT2D eigenvalue weighted by molar-refractivity contribution is 5.99. The van der Waals surface area contributed by atoms with Crippen LogP contribution in [0.15, 0.2) is 35.3 Å². The summed E-state index contributed by atoms with van der Waals surface area (Å²) in [6, 6.07) is -2.01. The summed E-state index contributed by atoms with van der Waals surface area (Å²) in [5.41, 5.74) is 5.43. The molecule has 47 heteroatoms. The van der Waals surface area contributed by atoms with Crippen LogP contribution in [0.5, 0.6) is 0 Å². The number of hydrogen-bond donors (Lipinski definition) is 29. The van der Waals surface area contributed by atoms with Crippen molar-refractivity contribution in [3.8, 4) is 0 Å². The number of aromatic amines is 1. The van der Waals surface area contributed by atoms with Gasteiger partial charge in [-0.3, -0.25) is 67.3 Å². The molecule has 19 atom stereocenters. The van der Waals surface area contributed by atoms with Gasteiger partial charge in [0, 0.05) is 106 Å². The van der Waals surface area contributed by atoms with Crippen molar-refractivity contribution in [2.75, 3.05) is 50.5 Å². The standard InChI is InChI=1S/C69H103N13O34/c1-2-37(67(113)114)77-64(110)32(6-15-50(96)73-25-44(90)56(103)59(106)47(93)28-84)20-41(87)39(13-18-53(100)101)79-65(111)33(7-16-51(97)74-26-45(91)57(104)60(107)48(94)29-85)21-42(88)38(12-17-52(98)99)78-63(109)31(5-14-49(95)72-24-43(89)55(102)58(105)46(92)27-83)19-36(86)10-11-40(68(115)116)80-62(108)30-3-8-34(9-4-30)71-22-35-23-75-61-54(76-35)66(112)82-69(70)81-61/h3-4,8-9,23,31-33,37-40,43-48,55-60,71,83-85,89-94,102-107H,2,5-7,10-22,24-29H2,1H3,(H,72,95)(H,73,96)(H,74,97)(H,77,110)(H,78,109)(H,79,111)(H,80,108)(H,98,99)(H,100,101)(H,113,114)(H,115,116)(H3,70,75,81,82,112)/t31-,32-,33-,37-,38-,39-,40-,43+,44+,45+,46-,47-,48-,55-,56-,57-,58-,59-,60-/m1/s1. The molecule has 0 radical (unpaired) electrons. The molecular formula is C69H103N13O34. The van der Waals surface area contributed by atoms with Crippen LogP contribution >= 0.6 is 0 Å². The normalized spacial score (nSPS) is 16.4. The lowest BCUT2D eigenvalue weighted by molar-refractivity contribution is -0.143. The Hall–Kier alpha value is -10.4. The number of anilines is 2. The van der Waals surface area contributed by atoms with E-state index in [9.17, 15) is 164 Å². The predicted octanol–water partition coefficient (Wildman–Crippen LogP) is -10.7. The number of amides is 7. The van der Waals surface area contributed by atoms with E-state index in [0.29, 0.717) is 11.4 Å². The molecule has 0 aliphatic heterocycles. The molecule has 648 valence electrons. The summed E-state index contributed by atoms with van der Waals surface area (Å²) in [6.07, 6.45) is -36.6. The number of carboxylic acid groups (broad SMARTS) is 4. The van der Waals surface area contributed by atoms with E-state index in [-0.39, 0.29) is 35.6 Å². The third kappa shape index (κ3) is 34.2. The molecular weight excluding hydrogens is 1550 g/mol.